The first kappa shape index (κ1) is 14.7. The molecule has 0 aromatic carbocycles. The maximum Gasteiger partial charge on any atom is 0.242 e. The van der Waals surface area contributed by atoms with Gasteiger partial charge in [-0.05, 0) is 41.9 Å². The number of rotatable bonds is 3. The molecule has 1 amide bonds. The molecule has 6 heteroatoms. The first-order valence-electron chi connectivity index (χ1n) is 6.11. The number of thiophene rings is 1. The summed E-state index contributed by atoms with van der Waals surface area (Å²) in [6, 6.07) is 3.69. The third-order valence-corrected chi connectivity index (χ3v) is 5.21. The number of hydrogen-bond acceptors (Lipinski definition) is 4. The number of piperazine rings is 1. The summed E-state index contributed by atoms with van der Waals surface area (Å²) < 4.78 is 0.949. The normalized spacial score (nSPS) is 19.8. The molecule has 1 aromatic heterocycles. The van der Waals surface area contributed by atoms with Crippen molar-refractivity contribution in [3.05, 3.63) is 20.8 Å². The lowest BCUT2D eigenvalue weighted by atomic mass is 9.97. The molecule has 0 saturated carbocycles. The second-order valence-electron chi connectivity index (χ2n) is 5.23. The van der Waals surface area contributed by atoms with E-state index in [9.17, 15) is 9.59 Å². The predicted molar refractivity (Wildman–Crippen MR) is 79.6 cm³/mol. The molecular formula is C13H17BrN2O2S. The van der Waals surface area contributed by atoms with Gasteiger partial charge in [0.15, 0.2) is 5.78 Å². The number of ketones is 1. The van der Waals surface area contributed by atoms with Gasteiger partial charge in [0, 0.05) is 20.1 Å². The van der Waals surface area contributed by atoms with E-state index in [1.54, 1.807) is 11.9 Å². The van der Waals surface area contributed by atoms with Crippen LogP contribution in [0.1, 0.15) is 23.5 Å². The standard InChI is InChI=1S/C13H17BrN2O2S/c1-13(2)12(18)15(3)6-7-16(13)8-9(17)10-4-5-11(14)19-10/h4-5H,6-8H2,1-3H3. The Morgan fingerprint density at radius 2 is 2.11 bits per heavy atom. The Morgan fingerprint density at radius 3 is 2.68 bits per heavy atom. The molecule has 0 N–H and O–H groups in total. The second-order valence-corrected chi connectivity index (χ2v) is 7.70. The Kier molecular flexibility index (Phi) is 4.13. The second kappa shape index (κ2) is 5.34. The SMILES string of the molecule is CN1CCN(CC(=O)c2ccc(Br)s2)C(C)(C)C1=O. The Hall–Kier alpha value is -0.720. The van der Waals surface area contributed by atoms with Crippen molar-refractivity contribution in [2.45, 2.75) is 19.4 Å². The number of carbonyl (C=O) groups is 2. The van der Waals surface area contributed by atoms with Crippen LogP contribution in [0.5, 0.6) is 0 Å². The van der Waals surface area contributed by atoms with E-state index >= 15 is 0 Å². The quantitative estimate of drug-likeness (QED) is 0.789. The minimum absolute atomic E-state index is 0.0684. The summed E-state index contributed by atoms with van der Waals surface area (Å²) in [4.78, 5) is 28.8. The summed E-state index contributed by atoms with van der Waals surface area (Å²) in [5.41, 5.74) is -0.614. The first-order chi connectivity index (χ1) is 8.82. The molecule has 2 heterocycles. The van der Waals surface area contributed by atoms with Gasteiger partial charge in [-0.1, -0.05) is 0 Å². The van der Waals surface area contributed by atoms with Gasteiger partial charge in [-0.25, -0.2) is 0 Å². The first-order valence-corrected chi connectivity index (χ1v) is 7.72. The zero-order chi connectivity index (χ0) is 14.2. The number of likely N-dealkylation sites (N-methyl/N-ethyl adjacent to an activating group) is 1. The van der Waals surface area contributed by atoms with Crippen LogP contribution in [0.3, 0.4) is 0 Å². The van der Waals surface area contributed by atoms with Gasteiger partial charge in [-0.2, -0.15) is 0 Å². The molecule has 0 spiro atoms. The van der Waals surface area contributed by atoms with Crippen molar-refractivity contribution in [2.24, 2.45) is 0 Å². The highest BCUT2D eigenvalue weighted by Gasteiger charge is 2.41. The Balaban J connectivity index is 2.10. The minimum Gasteiger partial charge on any atom is -0.343 e. The zero-order valence-electron chi connectivity index (χ0n) is 11.3. The third-order valence-electron chi connectivity index (χ3n) is 3.55. The van der Waals surface area contributed by atoms with Crippen molar-refractivity contribution in [1.29, 1.82) is 0 Å². The molecule has 1 saturated heterocycles. The molecule has 1 aromatic rings. The van der Waals surface area contributed by atoms with E-state index in [1.165, 1.54) is 11.3 Å². The fourth-order valence-electron chi connectivity index (χ4n) is 2.25. The van der Waals surface area contributed by atoms with Crippen LogP contribution in [0, 0.1) is 0 Å². The number of amides is 1. The van der Waals surface area contributed by atoms with Crippen LogP contribution in [0.25, 0.3) is 0 Å². The minimum atomic E-state index is -0.614. The summed E-state index contributed by atoms with van der Waals surface area (Å²) in [7, 11) is 1.81. The monoisotopic (exact) mass is 344 g/mol. The van der Waals surface area contributed by atoms with E-state index in [-0.39, 0.29) is 11.7 Å². The van der Waals surface area contributed by atoms with Crippen LogP contribution in [-0.4, -0.2) is 53.7 Å². The maximum absolute atomic E-state index is 12.2. The van der Waals surface area contributed by atoms with Crippen molar-refractivity contribution in [3.8, 4) is 0 Å². The van der Waals surface area contributed by atoms with E-state index in [4.69, 9.17) is 0 Å². The summed E-state index contributed by atoms with van der Waals surface area (Å²) >= 11 is 4.79. The lowest BCUT2D eigenvalue weighted by Crippen LogP contribution is -2.62. The fourth-order valence-corrected chi connectivity index (χ4v) is 3.56. The molecule has 2 rings (SSSR count). The Bertz CT molecular complexity index is 512. The highest BCUT2D eigenvalue weighted by molar-refractivity contribution is 9.11. The molecule has 104 valence electrons. The molecular weight excluding hydrogens is 328 g/mol. The average Bonchev–Trinajstić information content (AvgIpc) is 2.77. The van der Waals surface area contributed by atoms with Gasteiger partial charge in [0.25, 0.3) is 0 Å². The molecule has 0 aliphatic carbocycles. The highest BCUT2D eigenvalue weighted by atomic mass is 79.9. The average molecular weight is 345 g/mol. The molecule has 0 radical (unpaired) electrons. The number of carbonyl (C=O) groups excluding carboxylic acids is 2. The van der Waals surface area contributed by atoms with Crippen molar-refractivity contribution in [2.75, 3.05) is 26.7 Å². The molecule has 0 unspecified atom stereocenters. The third kappa shape index (κ3) is 2.90. The van der Waals surface area contributed by atoms with Crippen molar-refractivity contribution >= 4 is 39.0 Å². The number of halogens is 1. The van der Waals surface area contributed by atoms with Crippen molar-refractivity contribution in [1.82, 2.24) is 9.80 Å². The van der Waals surface area contributed by atoms with Gasteiger partial charge >= 0.3 is 0 Å². The van der Waals surface area contributed by atoms with E-state index in [2.05, 4.69) is 15.9 Å². The zero-order valence-corrected chi connectivity index (χ0v) is 13.7. The van der Waals surface area contributed by atoms with Crippen LogP contribution in [0.4, 0.5) is 0 Å². The van der Waals surface area contributed by atoms with Crippen LogP contribution >= 0.6 is 27.3 Å². The van der Waals surface area contributed by atoms with Crippen LogP contribution in [0.2, 0.25) is 0 Å². The van der Waals surface area contributed by atoms with E-state index in [1.807, 2.05) is 30.9 Å². The molecule has 1 fully saturated rings. The number of nitrogens with zero attached hydrogens (tertiary/aromatic N) is 2. The molecule has 19 heavy (non-hydrogen) atoms. The Morgan fingerprint density at radius 1 is 1.42 bits per heavy atom. The Labute approximate surface area is 125 Å². The van der Waals surface area contributed by atoms with Gasteiger partial charge in [-0.3, -0.25) is 14.5 Å². The number of Topliss-reactive ketones (excluding diaryl/α,β-unsaturated/α-hetero) is 1. The van der Waals surface area contributed by atoms with Gasteiger partial charge in [0.2, 0.25) is 5.91 Å². The summed E-state index contributed by atoms with van der Waals surface area (Å²) in [6.07, 6.45) is 0. The summed E-state index contributed by atoms with van der Waals surface area (Å²) in [5.74, 6) is 0.139. The van der Waals surface area contributed by atoms with E-state index < -0.39 is 5.54 Å². The summed E-state index contributed by atoms with van der Waals surface area (Å²) in [6.45, 7) is 5.45. The largest absolute Gasteiger partial charge is 0.343 e. The van der Waals surface area contributed by atoms with Crippen molar-refractivity contribution in [3.63, 3.8) is 0 Å². The van der Waals surface area contributed by atoms with Crippen LogP contribution in [-0.2, 0) is 4.79 Å². The van der Waals surface area contributed by atoms with Crippen molar-refractivity contribution < 1.29 is 9.59 Å². The topological polar surface area (TPSA) is 40.6 Å². The van der Waals surface area contributed by atoms with Gasteiger partial charge in [0.05, 0.1) is 20.7 Å². The lowest BCUT2D eigenvalue weighted by molar-refractivity contribution is -0.146. The fraction of sp³-hybridized carbons (Fsp3) is 0.538. The number of hydrogen-bond donors (Lipinski definition) is 0. The molecule has 0 atom stereocenters. The molecule has 1 aliphatic rings. The smallest absolute Gasteiger partial charge is 0.242 e. The summed E-state index contributed by atoms with van der Waals surface area (Å²) in [5, 5.41) is 0. The molecule has 0 bridgehead atoms. The van der Waals surface area contributed by atoms with Crippen LogP contribution in [0.15, 0.2) is 15.9 Å². The van der Waals surface area contributed by atoms with Gasteiger partial charge < -0.3 is 4.90 Å². The highest BCUT2D eigenvalue weighted by Crippen LogP contribution is 2.25. The molecule has 4 nitrogen and oxygen atoms in total. The predicted octanol–water partition coefficient (Wildman–Crippen LogP) is 2.25. The maximum atomic E-state index is 12.2. The van der Waals surface area contributed by atoms with Gasteiger partial charge in [0.1, 0.15) is 0 Å². The lowest BCUT2D eigenvalue weighted by Gasteiger charge is -2.44. The molecule has 1 aliphatic heterocycles. The van der Waals surface area contributed by atoms with E-state index in [0.29, 0.717) is 13.1 Å². The van der Waals surface area contributed by atoms with Gasteiger partial charge in [-0.15, -0.1) is 11.3 Å². The van der Waals surface area contributed by atoms with Crippen LogP contribution < -0.4 is 0 Å². The van der Waals surface area contributed by atoms with E-state index in [0.717, 1.165) is 15.2 Å².